The molecule has 2 aliphatic rings. The van der Waals surface area contributed by atoms with E-state index in [1.807, 2.05) is 30.3 Å². The Kier molecular flexibility index (Phi) is 2.67. The molecule has 0 radical (unpaired) electrons. The number of nitrogens with zero attached hydrogens (tertiary/aromatic N) is 2. The number of benzene rings is 1. The Balaban J connectivity index is 1.93. The maximum Gasteiger partial charge on any atom is 0.503 e. The average molecular weight is 257 g/mol. The van der Waals surface area contributed by atoms with Gasteiger partial charge in [-0.3, -0.25) is 0 Å². The van der Waals surface area contributed by atoms with Crippen LogP contribution in [0.2, 0.25) is 0 Å². The van der Waals surface area contributed by atoms with Crippen LogP contribution in [-0.4, -0.2) is 34.4 Å². The third-order valence-corrected chi connectivity index (χ3v) is 3.29. The van der Waals surface area contributed by atoms with Crippen LogP contribution in [0.4, 0.5) is 4.79 Å². The maximum atomic E-state index is 12.3. The summed E-state index contributed by atoms with van der Waals surface area (Å²) < 4.78 is 6.59. The Hall–Kier alpha value is -2.43. The van der Waals surface area contributed by atoms with Gasteiger partial charge in [-0.2, -0.15) is 14.3 Å². The van der Waals surface area contributed by atoms with Gasteiger partial charge in [0.2, 0.25) is 0 Å². The average Bonchev–Trinajstić information content (AvgIpc) is 2.92. The summed E-state index contributed by atoms with van der Waals surface area (Å²) in [4.78, 5) is 25.7. The van der Waals surface area contributed by atoms with E-state index in [2.05, 4.69) is 0 Å². The van der Waals surface area contributed by atoms with Gasteiger partial charge in [-0.1, -0.05) is 30.3 Å². The molecule has 5 nitrogen and oxygen atoms in total. The summed E-state index contributed by atoms with van der Waals surface area (Å²) in [6.07, 6.45) is 3.12. The fourth-order valence-corrected chi connectivity index (χ4v) is 2.27. The van der Waals surface area contributed by atoms with Crippen molar-refractivity contribution in [2.24, 2.45) is 5.92 Å². The minimum Gasteiger partial charge on any atom is -0.434 e. The number of carbonyl (C=O) groups is 2. The Morgan fingerprint density at radius 1 is 1.26 bits per heavy atom. The smallest absolute Gasteiger partial charge is 0.434 e. The summed E-state index contributed by atoms with van der Waals surface area (Å²) >= 11 is 0. The van der Waals surface area contributed by atoms with Gasteiger partial charge >= 0.3 is 11.9 Å². The highest BCUT2D eigenvalue weighted by atomic mass is 16.5. The van der Waals surface area contributed by atoms with Crippen molar-refractivity contribution in [3.63, 3.8) is 0 Å². The molecule has 3 amide bonds. The Morgan fingerprint density at radius 3 is 2.74 bits per heavy atom. The molecule has 1 aromatic carbocycles. The quantitative estimate of drug-likeness (QED) is 0.751. The van der Waals surface area contributed by atoms with E-state index in [-0.39, 0.29) is 18.5 Å². The molecule has 0 N–H and O–H groups in total. The number of rotatable bonds is 2. The third kappa shape index (κ3) is 1.83. The monoisotopic (exact) mass is 257 g/mol. The number of fused-ring (bicyclic) bond motifs is 1. The molecule has 1 unspecified atom stereocenters. The molecule has 0 bridgehead atoms. The van der Waals surface area contributed by atoms with E-state index in [0.717, 1.165) is 5.56 Å². The number of carbonyl (C=O) groups excluding carboxylic acids is 2. The van der Waals surface area contributed by atoms with Gasteiger partial charge < -0.3 is 4.74 Å². The van der Waals surface area contributed by atoms with Gasteiger partial charge in [-0.25, -0.2) is 4.79 Å². The minimum atomic E-state index is -0.480. The second-order valence-corrected chi connectivity index (χ2v) is 4.51. The van der Waals surface area contributed by atoms with Gasteiger partial charge in [0.25, 0.3) is 5.90 Å². The number of urea groups is 1. The van der Waals surface area contributed by atoms with Crippen molar-refractivity contribution >= 4 is 17.8 Å². The van der Waals surface area contributed by atoms with Gasteiger partial charge in [0.1, 0.15) is 6.54 Å². The molecule has 5 heteroatoms. The largest absolute Gasteiger partial charge is 0.503 e. The predicted octanol–water partition coefficient (Wildman–Crippen LogP) is 1.35. The van der Waals surface area contributed by atoms with Crippen LogP contribution in [0, 0.1) is 5.92 Å². The highest BCUT2D eigenvalue weighted by molar-refractivity contribution is 6.10. The second-order valence-electron chi connectivity index (χ2n) is 4.51. The number of amides is 3. The molecule has 0 aliphatic carbocycles. The van der Waals surface area contributed by atoms with Gasteiger partial charge in [-0.05, 0) is 11.6 Å². The summed E-state index contributed by atoms with van der Waals surface area (Å²) in [7, 11) is 1.61. The van der Waals surface area contributed by atoms with Crippen LogP contribution in [-0.2, 0) is 16.1 Å². The van der Waals surface area contributed by atoms with Crippen molar-refractivity contribution < 1.29 is 18.9 Å². The molecule has 0 fully saturated rings. The standard InChI is InChI=1S/C14H13N2O3/c1-15-13-11(7-8-19-13)12(17)16(14(15)18)9-10-5-3-2-4-6-10/h2-8,11H,9H2,1H3/q+1. The predicted molar refractivity (Wildman–Crippen MR) is 67.3 cm³/mol. The van der Waals surface area contributed by atoms with E-state index in [9.17, 15) is 9.59 Å². The molecule has 1 aromatic rings. The zero-order valence-electron chi connectivity index (χ0n) is 10.4. The van der Waals surface area contributed by atoms with Crippen molar-refractivity contribution in [3.05, 3.63) is 48.2 Å². The number of imide groups is 1. The normalized spacial score (nSPS) is 21.7. The molecule has 2 aliphatic heterocycles. The van der Waals surface area contributed by atoms with Crippen LogP contribution in [0.1, 0.15) is 5.56 Å². The third-order valence-electron chi connectivity index (χ3n) is 3.29. The fourth-order valence-electron chi connectivity index (χ4n) is 2.27. The Bertz CT molecular complexity index is 604. The molecule has 0 saturated heterocycles. The van der Waals surface area contributed by atoms with Crippen LogP contribution >= 0.6 is 0 Å². The molecule has 96 valence electrons. The Labute approximate surface area is 110 Å². The van der Waals surface area contributed by atoms with E-state index in [4.69, 9.17) is 4.74 Å². The van der Waals surface area contributed by atoms with E-state index >= 15 is 0 Å². The highest BCUT2D eigenvalue weighted by Gasteiger charge is 2.48. The van der Waals surface area contributed by atoms with Crippen molar-refractivity contribution in [2.75, 3.05) is 7.05 Å². The maximum absolute atomic E-state index is 12.3. The molecule has 0 saturated carbocycles. The van der Waals surface area contributed by atoms with Crippen molar-refractivity contribution in [1.29, 1.82) is 0 Å². The van der Waals surface area contributed by atoms with Crippen molar-refractivity contribution in [3.8, 4) is 0 Å². The zero-order chi connectivity index (χ0) is 13.4. The van der Waals surface area contributed by atoms with Gasteiger partial charge in [-0.15, -0.1) is 0 Å². The number of hydrogen-bond acceptors (Lipinski definition) is 3. The summed E-state index contributed by atoms with van der Waals surface area (Å²) in [5.41, 5.74) is 0.920. The number of ether oxygens (including phenoxy) is 1. The lowest BCUT2D eigenvalue weighted by molar-refractivity contribution is -0.417. The first-order valence-corrected chi connectivity index (χ1v) is 6.01. The van der Waals surface area contributed by atoms with Crippen molar-refractivity contribution in [1.82, 2.24) is 4.90 Å². The lowest BCUT2D eigenvalue weighted by Crippen LogP contribution is -2.52. The first-order valence-electron chi connectivity index (χ1n) is 6.01. The van der Waals surface area contributed by atoms with Crippen LogP contribution in [0.3, 0.4) is 0 Å². The first-order chi connectivity index (χ1) is 9.18. The second kappa shape index (κ2) is 4.35. The van der Waals surface area contributed by atoms with E-state index in [1.54, 1.807) is 13.1 Å². The lowest BCUT2D eigenvalue weighted by Gasteiger charge is -2.21. The molecule has 3 rings (SSSR count). The molecule has 2 heterocycles. The van der Waals surface area contributed by atoms with Crippen LogP contribution < -0.4 is 0 Å². The summed E-state index contributed by atoms with van der Waals surface area (Å²) in [6.45, 7) is 0.278. The lowest BCUT2D eigenvalue weighted by atomic mass is 10.1. The minimum absolute atomic E-state index is 0.240. The SMILES string of the molecule is C[N+]1=C2OC=CC2C(=O)N(Cc2ccccc2)C1=O. The van der Waals surface area contributed by atoms with Crippen LogP contribution in [0.15, 0.2) is 42.7 Å². The van der Waals surface area contributed by atoms with Crippen LogP contribution in [0.25, 0.3) is 0 Å². The molecule has 0 spiro atoms. The molecule has 0 aromatic heterocycles. The molecular weight excluding hydrogens is 244 g/mol. The molecule has 19 heavy (non-hydrogen) atoms. The van der Waals surface area contributed by atoms with Crippen LogP contribution in [0.5, 0.6) is 0 Å². The Morgan fingerprint density at radius 2 is 2.00 bits per heavy atom. The number of hydrogen-bond donors (Lipinski definition) is 0. The summed E-state index contributed by atoms with van der Waals surface area (Å²) in [5.74, 6) is -0.332. The van der Waals surface area contributed by atoms with E-state index < -0.39 is 5.92 Å². The van der Waals surface area contributed by atoms with Gasteiger partial charge in [0, 0.05) is 0 Å². The van der Waals surface area contributed by atoms with Crippen molar-refractivity contribution in [2.45, 2.75) is 6.54 Å². The summed E-state index contributed by atoms with van der Waals surface area (Å²) in [6, 6.07) is 9.09. The molecular formula is C14H13N2O3+. The summed E-state index contributed by atoms with van der Waals surface area (Å²) in [5, 5.41) is 0. The van der Waals surface area contributed by atoms with E-state index in [1.165, 1.54) is 15.7 Å². The first kappa shape index (κ1) is 11.6. The fraction of sp³-hybridized carbons (Fsp3) is 0.214. The zero-order valence-corrected chi connectivity index (χ0v) is 10.4. The topological polar surface area (TPSA) is 49.6 Å². The van der Waals surface area contributed by atoms with E-state index in [0.29, 0.717) is 5.90 Å². The molecule has 1 atom stereocenters. The highest BCUT2D eigenvalue weighted by Crippen LogP contribution is 2.22. The van der Waals surface area contributed by atoms with Gasteiger partial charge in [0.15, 0.2) is 5.92 Å². The van der Waals surface area contributed by atoms with Gasteiger partial charge in [0.05, 0.1) is 13.3 Å².